The number of hydrogen-bond donors (Lipinski definition) is 6. The molecule has 0 aliphatic carbocycles. The van der Waals surface area contributed by atoms with E-state index >= 15 is 0 Å². The molecule has 0 fully saturated rings. The number of benzene rings is 4. The Morgan fingerprint density at radius 2 is 1.18 bits per heavy atom. The zero-order valence-electron chi connectivity index (χ0n) is 27.8. The first-order valence-corrected chi connectivity index (χ1v) is 15.8. The number of rotatable bonds is 14. The minimum absolute atomic E-state index is 0.141. The minimum Gasteiger partial charge on any atom is -0.386 e. The summed E-state index contributed by atoms with van der Waals surface area (Å²) in [5, 5.41) is 24.4. The summed E-state index contributed by atoms with van der Waals surface area (Å²) in [7, 11) is 0. The highest BCUT2D eigenvalue weighted by Crippen LogP contribution is 2.14. The maximum absolute atomic E-state index is 13.4. The third kappa shape index (κ3) is 11.0. The van der Waals surface area contributed by atoms with Crippen LogP contribution < -0.4 is 33.2 Å². The van der Waals surface area contributed by atoms with Crippen LogP contribution in [-0.4, -0.2) is 60.1 Å². The van der Waals surface area contributed by atoms with Gasteiger partial charge in [-0.1, -0.05) is 84.9 Å². The van der Waals surface area contributed by atoms with Crippen molar-refractivity contribution in [3.8, 4) is 0 Å². The van der Waals surface area contributed by atoms with E-state index in [1.807, 2.05) is 66.7 Å². The van der Waals surface area contributed by atoms with Gasteiger partial charge in [-0.25, -0.2) is 0 Å². The van der Waals surface area contributed by atoms with E-state index < -0.39 is 17.9 Å². The van der Waals surface area contributed by atoms with Crippen molar-refractivity contribution in [2.45, 2.75) is 26.3 Å². The van der Waals surface area contributed by atoms with Gasteiger partial charge in [0, 0.05) is 41.8 Å². The van der Waals surface area contributed by atoms with Crippen LogP contribution in [0.3, 0.4) is 0 Å². The molecule has 3 amide bonds. The lowest BCUT2D eigenvalue weighted by atomic mass is 10.0. The Kier molecular flexibility index (Phi) is 13.1. The van der Waals surface area contributed by atoms with Crippen molar-refractivity contribution in [1.82, 2.24) is 16.0 Å². The Labute approximate surface area is 290 Å². The fraction of sp³-hybridized carbons (Fsp3) is 0.162. The zero-order valence-corrected chi connectivity index (χ0v) is 27.8. The number of carbonyl (C=O) groups is 3. The Morgan fingerprint density at radius 3 is 1.84 bits per heavy atom. The van der Waals surface area contributed by atoms with Gasteiger partial charge in [0.1, 0.15) is 17.6 Å². The van der Waals surface area contributed by atoms with Gasteiger partial charge >= 0.3 is 0 Å². The number of carbonyl (C=O) groups excluding carboxylic acids is 3. The molecule has 4 rings (SSSR count). The predicted octanol–water partition coefficient (Wildman–Crippen LogP) is 2.70. The summed E-state index contributed by atoms with van der Waals surface area (Å²) in [6, 6.07) is 31.5. The van der Waals surface area contributed by atoms with Crippen molar-refractivity contribution < 1.29 is 14.4 Å². The average Bonchev–Trinajstić information content (AvgIpc) is 3.13. The molecule has 0 aliphatic rings. The lowest BCUT2D eigenvalue weighted by Crippen LogP contribution is -2.49. The van der Waals surface area contributed by atoms with Crippen LogP contribution in [0.5, 0.6) is 0 Å². The molecule has 4 aromatic carbocycles. The summed E-state index contributed by atoms with van der Waals surface area (Å²) in [4.78, 5) is 39.6. The first kappa shape index (κ1) is 36.2. The molecule has 0 aromatic heterocycles. The normalized spacial score (nSPS) is 12.4. The van der Waals surface area contributed by atoms with Crippen LogP contribution in [-0.2, 0) is 11.2 Å². The third-order valence-electron chi connectivity index (χ3n) is 7.25. The summed E-state index contributed by atoms with van der Waals surface area (Å²) >= 11 is 0. The van der Waals surface area contributed by atoms with Crippen LogP contribution in [0.4, 0.5) is 0 Å². The molecule has 0 aliphatic heterocycles. The van der Waals surface area contributed by atoms with Crippen LogP contribution in [0.15, 0.2) is 130 Å². The van der Waals surface area contributed by atoms with E-state index in [0.29, 0.717) is 33.9 Å². The maximum Gasteiger partial charge on any atom is 0.251 e. The molecule has 13 nitrogen and oxygen atoms in total. The SMILES string of the molecule is C/C(N)=N/N=C(\C)c1cccc(C(=O)NCCNC(=O)[C@H](Cc2ccccc2)NC(=O)c2ccc(/C(=N/N=C(N)N)c3ccccc3)cc2)c1. The zero-order chi connectivity index (χ0) is 35.9. The van der Waals surface area contributed by atoms with E-state index in [1.165, 1.54) is 0 Å². The van der Waals surface area contributed by atoms with Crippen molar-refractivity contribution in [2.75, 3.05) is 13.1 Å². The standard InChI is InChI=1S/C37H40N10O3/c1-24(44-45-25(2)38)30-14-9-15-31(23-30)34(48)41-20-21-42-36(50)32(22-26-10-5-3-6-11-26)43-35(49)29-18-16-28(17-19-29)33(46-47-37(39)40)27-12-7-4-8-13-27/h3-19,23,32H,20-22H2,1-2H3,(H2,38,45)(H,41,48)(H,42,50)(H,43,49)(H4,39,40,47)/b44-24+,46-33+/t32-/m0/s1. The number of nitrogens with one attached hydrogen (secondary N) is 3. The van der Waals surface area contributed by atoms with E-state index in [4.69, 9.17) is 17.2 Å². The van der Waals surface area contributed by atoms with Gasteiger partial charge in [0.15, 0.2) is 0 Å². The monoisotopic (exact) mass is 672 g/mol. The number of amidine groups is 1. The Morgan fingerprint density at radius 1 is 0.600 bits per heavy atom. The molecule has 0 heterocycles. The molecule has 0 spiro atoms. The van der Waals surface area contributed by atoms with Crippen LogP contribution in [0.2, 0.25) is 0 Å². The second kappa shape index (κ2) is 18.1. The van der Waals surface area contributed by atoms with Crippen LogP contribution in [0.1, 0.15) is 56.8 Å². The van der Waals surface area contributed by atoms with Gasteiger partial charge in [-0.15, -0.1) is 15.3 Å². The summed E-state index contributed by atoms with van der Waals surface area (Å²) in [6.07, 6.45) is 0.258. The Balaban J connectivity index is 1.40. The first-order chi connectivity index (χ1) is 24.1. The molecule has 13 heteroatoms. The average molecular weight is 673 g/mol. The van der Waals surface area contributed by atoms with Gasteiger partial charge in [-0.05, 0) is 49.2 Å². The molecular formula is C37H40N10O3. The van der Waals surface area contributed by atoms with Gasteiger partial charge in [-0.3, -0.25) is 14.4 Å². The second-order valence-electron chi connectivity index (χ2n) is 11.2. The quantitative estimate of drug-likeness (QED) is 0.0512. The largest absolute Gasteiger partial charge is 0.386 e. The van der Waals surface area contributed by atoms with E-state index in [9.17, 15) is 14.4 Å². The molecule has 256 valence electrons. The van der Waals surface area contributed by atoms with Gasteiger partial charge in [0.05, 0.1) is 5.71 Å². The number of amides is 3. The first-order valence-electron chi connectivity index (χ1n) is 15.8. The van der Waals surface area contributed by atoms with Crippen molar-refractivity contribution >= 4 is 40.9 Å². The minimum atomic E-state index is -0.887. The molecule has 0 bridgehead atoms. The predicted molar refractivity (Wildman–Crippen MR) is 197 cm³/mol. The highest BCUT2D eigenvalue weighted by Gasteiger charge is 2.22. The highest BCUT2D eigenvalue weighted by atomic mass is 16.2. The fourth-order valence-electron chi connectivity index (χ4n) is 4.75. The van der Waals surface area contributed by atoms with E-state index in [1.54, 1.807) is 56.3 Å². The Bertz CT molecular complexity index is 1900. The molecular weight excluding hydrogens is 632 g/mol. The molecule has 50 heavy (non-hydrogen) atoms. The summed E-state index contributed by atoms with van der Waals surface area (Å²) in [5.41, 5.74) is 21.5. The Hall–Kier alpha value is -6.63. The molecule has 0 unspecified atom stereocenters. The maximum atomic E-state index is 13.4. The van der Waals surface area contributed by atoms with E-state index in [2.05, 4.69) is 36.4 Å². The van der Waals surface area contributed by atoms with Gasteiger partial charge in [0.25, 0.3) is 11.8 Å². The van der Waals surface area contributed by atoms with Gasteiger partial charge in [0.2, 0.25) is 11.9 Å². The van der Waals surface area contributed by atoms with Crippen LogP contribution in [0, 0.1) is 0 Å². The summed E-state index contributed by atoms with van der Waals surface area (Å²) in [6.45, 7) is 3.71. The van der Waals surface area contributed by atoms with Crippen molar-refractivity contribution in [3.63, 3.8) is 0 Å². The van der Waals surface area contributed by atoms with Gasteiger partial charge < -0.3 is 33.2 Å². The topological polar surface area (TPSA) is 215 Å². The van der Waals surface area contributed by atoms with Gasteiger partial charge in [-0.2, -0.15) is 5.10 Å². The molecule has 0 radical (unpaired) electrons. The highest BCUT2D eigenvalue weighted by molar-refractivity contribution is 6.13. The fourth-order valence-corrected chi connectivity index (χ4v) is 4.75. The van der Waals surface area contributed by atoms with Crippen LogP contribution in [0.25, 0.3) is 0 Å². The second-order valence-corrected chi connectivity index (χ2v) is 11.2. The van der Waals surface area contributed by atoms with E-state index in [0.717, 1.165) is 16.7 Å². The summed E-state index contributed by atoms with van der Waals surface area (Å²) in [5.74, 6) is -1.01. The van der Waals surface area contributed by atoms with Crippen molar-refractivity contribution in [3.05, 3.63) is 143 Å². The van der Waals surface area contributed by atoms with Crippen molar-refractivity contribution in [2.24, 2.45) is 37.6 Å². The lowest BCUT2D eigenvalue weighted by Gasteiger charge is -2.19. The lowest BCUT2D eigenvalue weighted by molar-refractivity contribution is -0.122. The molecule has 4 aromatic rings. The summed E-state index contributed by atoms with van der Waals surface area (Å²) < 4.78 is 0. The number of nitrogens with two attached hydrogens (primary N) is 3. The van der Waals surface area contributed by atoms with Crippen LogP contribution >= 0.6 is 0 Å². The van der Waals surface area contributed by atoms with Crippen molar-refractivity contribution in [1.29, 1.82) is 0 Å². The molecule has 0 saturated carbocycles. The number of hydrogen-bond acceptors (Lipinski definition) is 7. The smallest absolute Gasteiger partial charge is 0.251 e. The molecule has 9 N–H and O–H groups in total. The number of nitrogens with zero attached hydrogens (tertiary/aromatic N) is 4. The van der Waals surface area contributed by atoms with E-state index in [-0.39, 0.29) is 31.4 Å². The third-order valence-corrected chi connectivity index (χ3v) is 7.25. The molecule has 1 atom stereocenters. The number of guanidine groups is 1. The molecule has 0 saturated heterocycles.